The van der Waals surface area contributed by atoms with E-state index in [1.165, 1.54) is 0 Å². The number of anilines is 1. The van der Waals surface area contributed by atoms with Gasteiger partial charge in [0.25, 0.3) is 0 Å². The van der Waals surface area contributed by atoms with E-state index in [4.69, 9.17) is 9.47 Å². The van der Waals surface area contributed by atoms with Crippen LogP contribution in [0.3, 0.4) is 0 Å². The van der Waals surface area contributed by atoms with Crippen LogP contribution >= 0.6 is 0 Å². The van der Waals surface area contributed by atoms with E-state index in [0.29, 0.717) is 6.61 Å². The molecule has 100 valence electrons. The normalized spacial score (nSPS) is 11.0. The fraction of sp³-hybridized carbons (Fsp3) is 0.462. The van der Waals surface area contributed by atoms with Crippen LogP contribution in [0.5, 0.6) is 11.5 Å². The first-order valence-corrected chi connectivity index (χ1v) is 6.03. The molecule has 0 unspecified atom stereocenters. The third-order valence-electron chi connectivity index (χ3n) is 2.29. The summed E-state index contributed by atoms with van der Waals surface area (Å²) in [7, 11) is 3.36. The molecular formula is C13H21N3O2. The van der Waals surface area contributed by atoms with Crippen molar-refractivity contribution in [2.45, 2.75) is 13.8 Å². The van der Waals surface area contributed by atoms with Gasteiger partial charge >= 0.3 is 0 Å². The fourth-order valence-electron chi connectivity index (χ4n) is 1.51. The molecule has 0 radical (unpaired) electrons. The molecule has 18 heavy (non-hydrogen) atoms. The molecule has 0 bridgehead atoms. The Bertz CT molecular complexity index is 405. The molecule has 5 heteroatoms. The van der Waals surface area contributed by atoms with Gasteiger partial charge in [-0.1, -0.05) is 0 Å². The van der Waals surface area contributed by atoms with Gasteiger partial charge in [-0.25, -0.2) is 0 Å². The van der Waals surface area contributed by atoms with Crippen LogP contribution in [0.2, 0.25) is 0 Å². The van der Waals surface area contributed by atoms with Crippen LogP contribution in [0.15, 0.2) is 23.2 Å². The minimum Gasteiger partial charge on any atom is -0.493 e. The summed E-state index contributed by atoms with van der Waals surface area (Å²) in [6.45, 7) is 5.37. The molecule has 0 aliphatic carbocycles. The molecule has 0 spiro atoms. The van der Waals surface area contributed by atoms with Gasteiger partial charge in [0.2, 0.25) is 0 Å². The Balaban J connectivity index is 2.86. The van der Waals surface area contributed by atoms with Gasteiger partial charge in [-0.05, 0) is 26.0 Å². The lowest BCUT2D eigenvalue weighted by Gasteiger charge is -2.13. The molecular weight excluding hydrogens is 230 g/mol. The number of hydrogen-bond acceptors (Lipinski definition) is 3. The average molecular weight is 251 g/mol. The van der Waals surface area contributed by atoms with Crippen molar-refractivity contribution in [1.29, 1.82) is 0 Å². The Morgan fingerprint density at radius 1 is 1.28 bits per heavy atom. The highest BCUT2D eigenvalue weighted by molar-refractivity contribution is 5.93. The highest BCUT2D eigenvalue weighted by Crippen LogP contribution is 2.30. The summed E-state index contributed by atoms with van der Waals surface area (Å²) in [5.41, 5.74) is 0.904. The second-order valence-corrected chi connectivity index (χ2v) is 3.53. The lowest BCUT2D eigenvalue weighted by atomic mass is 10.2. The van der Waals surface area contributed by atoms with Gasteiger partial charge in [0.1, 0.15) is 0 Å². The van der Waals surface area contributed by atoms with Crippen molar-refractivity contribution in [3.05, 3.63) is 18.2 Å². The maximum atomic E-state index is 5.52. The minimum atomic E-state index is 0.599. The Hall–Kier alpha value is -1.91. The van der Waals surface area contributed by atoms with E-state index in [0.717, 1.165) is 29.7 Å². The molecule has 1 rings (SSSR count). The van der Waals surface area contributed by atoms with Crippen molar-refractivity contribution in [3.8, 4) is 11.5 Å². The quantitative estimate of drug-likeness (QED) is 0.621. The largest absolute Gasteiger partial charge is 0.493 e. The van der Waals surface area contributed by atoms with Crippen molar-refractivity contribution in [2.75, 3.05) is 32.6 Å². The Kier molecular flexibility index (Phi) is 5.84. The highest BCUT2D eigenvalue weighted by atomic mass is 16.5. The summed E-state index contributed by atoms with van der Waals surface area (Å²) >= 11 is 0. The van der Waals surface area contributed by atoms with E-state index in [2.05, 4.69) is 15.6 Å². The molecule has 1 aromatic rings. The summed E-state index contributed by atoms with van der Waals surface area (Å²) in [6, 6.07) is 5.68. The Morgan fingerprint density at radius 2 is 2.06 bits per heavy atom. The van der Waals surface area contributed by atoms with Crippen molar-refractivity contribution < 1.29 is 9.47 Å². The predicted octanol–water partition coefficient (Wildman–Crippen LogP) is 2.10. The van der Waals surface area contributed by atoms with E-state index in [1.807, 2.05) is 32.0 Å². The van der Waals surface area contributed by atoms with E-state index in [-0.39, 0.29) is 0 Å². The van der Waals surface area contributed by atoms with Crippen LogP contribution in [0.1, 0.15) is 13.8 Å². The van der Waals surface area contributed by atoms with E-state index < -0.39 is 0 Å². The summed E-state index contributed by atoms with van der Waals surface area (Å²) in [6.07, 6.45) is 0. The number of benzene rings is 1. The Labute approximate surface area is 108 Å². The fourth-order valence-corrected chi connectivity index (χ4v) is 1.51. The van der Waals surface area contributed by atoms with Crippen LogP contribution in [-0.2, 0) is 0 Å². The van der Waals surface area contributed by atoms with Gasteiger partial charge in [-0.2, -0.15) is 0 Å². The highest BCUT2D eigenvalue weighted by Gasteiger charge is 2.06. The molecule has 5 nitrogen and oxygen atoms in total. The minimum absolute atomic E-state index is 0.599. The zero-order valence-electron chi connectivity index (χ0n) is 11.4. The van der Waals surface area contributed by atoms with Gasteiger partial charge in [0.15, 0.2) is 17.5 Å². The number of methoxy groups -OCH3 is 1. The maximum Gasteiger partial charge on any atom is 0.195 e. The molecule has 1 aromatic carbocycles. The second kappa shape index (κ2) is 7.42. The Morgan fingerprint density at radius 3 is 2.61 bits per heavy atom. The average Bonchev–Trinajstić information content (AvgIpc) is 2.39. The molecule has 2 N–H and O–H groups in total. The molecule has 0 aromatic heterocycles. The van der Waals surface area contributed by atoms with Gasteiger partial charge < -0.3 is 20.1 Å². The van der Waals surface area contributed by atoms with Crippen LogP contribution in [0, 0.1) is 0 Å². The van der Waals surface area contributed by atoms with Gasteiger partial charge in [-0.3, -0.25) is 4.99 Å². The summed E-state index contributed by atoms with van der Waals surface area (Å²) < 4.78 is 10.8. The number of nitrogens with one attached hydrogen (secondary N) is 2. The lowest BCUT2D eigenvalue weighted by molar-refractivity contribution is 0.311. The first-order valence-electron chi connectivity index (χ1n) is 6.03. The number of nitrogens with zero attached hydrogens (tertiary/aromatic N) is 1. The molecule has 0 aliphatic heterocycles. The monoisotopic (exact) mass is 251 g/mol. The van der Waals surface area contributed by atoms with Crippen LogP contribution in [0.25, 0.3) is 0 Å². The van der Waals surface area contributed by atoms with E-state index in [1.54, 1.807) is 14.2 Å². The zero-order valence-corrected chi connectivity index (χ0v) is 11.4. The standard InChI is InChI=1S/C13H21N3O2/c1-5-15-13(14-3)16-10-7-8-11(17-4)12(9-10)18-6-2/h7-9H,5-6H2,1-4H3,(H2,14,15,16). The molecule has 0 atom stereocenters. The first-order chi connectivity index (χ1) is 8.74. The number of hydrogen-bond donors (Lipinski definition) is 2. The lowest BCUT2D eigenvalue weighted by Crippen LogP contribution is -2.30. The third kappa shape index (κ3) is 3.84. The zero-order chi connectivity index (χ0) is 13.4. The molecule has 0 saturated heterocycles. The molecule has 0 heterocycles. The topological polar surface area (TPSA) is 54.9 Å². The molecule has 0 amide bonds. The van der Waals surface area contributed by atoms with Crippen molar-refractivity contribution in [1.82, 2.24) is 5.32 Å². The molecule has 0 fully saturated rings. The van der Waals surface area contributed by atoms with Crippen LogP contribution in [-0.4, -0.2) is 33.3 Å². The maximum absolute atomic E-state index is 5.52. The van der Waals surface area contributed by atoms with Gasteiger partial charge in [0.05, 0.1) is 13.7 Å². The van der Waals surface area contributed by atoms with Crippen molar-refractivity contribution in [3.63, 3.8) is 0 Å². The third-order valence-corrected chi connectivity index (χ3v) is 2.29. The summed E-state index contributed by atoms with van der Waals surface area (Å²) in [5, 5.41) is 6.31. The van der Waals surface area contributed by atoms with Gasteiger partial charge in [-0.15, -0.1) is 0 Å². The summed E-state index contributed by atoms with van der Waals surface area (Å²) in [5.74, 6) is 2.17. The van der Waals surface area contributed by atoms with E-state index in [9.17, 15) is 0 Å². The number of aliphatic imine (C=N–C) groups is 1. The van der Waals surface area contributed by atoms with E-state index >= 15 is 0 Å². The predicted molar refractivity (Wildman–Crippen MR) is 74.8 cm³/mol. The molecule has 0 aliphatic rings. The number of rotatable bonds is 5. The van der Waals surface area contributed by atoms with Gasteiger partial charge in [0, 0.05) is 25.3 Å². The number of ether oxygens (including phenoxy) is 2. The van der Waals surface area contributed by atoms with Crippen molar-refractivity contribution >= 4 is 11.6 Å². The van der Waals surface area contributed by atoms with Crippen LogP contribution < -0.4 is 20.1 Å². The second-order valence-electron chi connectivity index (χ2n) is 3.53. The first kappa shape index (κ1) is 14.2. The number of guanidine groups is 1. The molecule has 0 saturated carbocycles. The SMILES string of the molecule is CCNC(=NC)Nc1ccc(OC)c(OCC)c1. The summed E-state index contributed by atoms with van der Waals surface area (Å²) in [4.78, 5) is 4.11. The van der Waals surface area contributed by atoms with Crippen molar-refractivity contribution in [2.24, 2.45) is 4.99 Å². The smallest absolute Gasteiger partial charge is 0.195 e. The van der Waals surface area contributed by atoms with Crippen LogP contribution in [0.4, 0.5) is 5.69 Å².